The smallest absolute Gasteiger partial charge is 0.253 e. The minimum Gasteiger partial charge on any atom is -0.383 e. The number of carbonyl (C=O) groups excluding carboxylic acids is 1. The van der Waals surface area contributed by atoms with Gasteiger partial charge in [-0.25, -0.2) is 18.4 Å². The quantitative estimate of drug-likeness (QED) is 0.317. The summed E-state index contributed by atoms with van der Waals surface area (Å²) in [6, 6.07) is 12.1. The molecule has 11 nitrogen and oxygen atoms in total. The van der Waals surface area contributed by atoms with Crippen LogP contribution in [0.15, 0.2) is 53.0 Å². The number of thiophene rings is 1. The number of hydrogen-bond donors (Lipinski definition) is 1. The van der Waals surface area contributed by atoms with Crippen LogP contribution in [0.5, 0.6) is 0 Å². The van der Waals surface area contributed by atoms with Gasteiger partial charge in [0.1, 0.15) is 16.4 Å². The zero-order valence-corrected chi connectivity index (χ0v) is 24.7. The maximum atomic E-state index is 13.8. The number of aromatic nitrogens is 2. The highest BCUT2D eigenvalue weighted by molar-refractivity contribution is 7.91. The molecule has 0 spiro atoms. The second-order valence-corrected chi connectivity index (χ2v) is 13.9. The molecule has 4 heterocycles. The summed E-state index contributed by atoms with van der Waals surface area (Å²) >= 11 is 7.27. The third-order valence-electron chi connectivity index (χ3n) is 7.30. The van der Waals surface area contributed by atoms with Gasteiger partial charge >= 0.3 is 0 Å². The molecule has 2 saturated heterocycles. The first kappa shape index (κ1) is 28.2. The van der Waals surface area contributed by atoms with Gasteiger partial charge in [-0.1, -0.05) is 23.7 Å². The Balaban J connectivity index is 1.28. The largest absolute Gasteiger partial charge is 0.383 e. The molecule has 216 valence electrons. The van der Waals surface area contributed by atoms with Crippen molar-refractivity contribution in [2.24, 2.45) is 0 Å². The first-order valence-electron chi connectivity index (χ1n) is 13.1. The Bertz CT molecular complexity index is 1710. The van der Waals surface area contributed by atoms with Crippen molar-refractivity contribution in [1.82, 2.24) is 24.1 Å². The summed E-state index contributed by atoms with van der Waals surface area (Å²) < 4.78 is 41.0. The van der Waals surface area contributed by atoms with E-state index in [9.17, 15) is 13.2 Å². The zero-order chi connectivity index (χ0) is 28.7. The van der Waals surface area contributed by atoms with E-state index in [2.05, 4.69) is 9.97 Å². The molecule has 2 fully saturated rings. The Morgan fingerprint density at radius 3 is 2.73 bits per heavy atom. The lowest BCUT2D eigenvalue weighted by atomic mass is 10.1. The normalized spacial score (nSPS) is 19.2. The van der Waals surface area contributed by atoms with Gasteiger partial charge in [0.15, 0.2) is 6.29 Å². The van der Waals surface area contributed by atoms with Crippen LogP contribution in [0, 0.1) is 0 Å². The molecule has 0 saturated carbocycles. The molecule has 6 rings (SSSR count). The lowest BCUT2D eigenvalue weighted by Gasteiger charge is -2.42. The van der Waals surface area contributed by atoms with Gasteiger partial charge in [0.25, 0.3) is 10.0 Å². The number of piperazine rings is 1. The maximum absolute atomic E-state index is 13.8. The minimum atomic E-state index is -3.93. The highest BCUT2D eigenvalue weighted by atomic mass is 35.5. The molecule has 2 aromatic carbocycles. The second-order valence-electron chi connectivity index (χ2n) is 10.2. The number of likely N-dealkylation sites (N-methyl/N-ethyl adjacent to an activating group) is 1. The molecule has 14 heteroatoms. The lowest BCUT2D eigenvalue weighted by Crippen LogP contribution is -2.60. The van der Waals surface area contributed by atoms with Crippen LogP contribution < -0.4 is 5.73 Å². The molecule has 2 aromatic heterocycles. The van der Waals surface area contributed by atoms with Gasteiger partial charge in [0.05, 0.1) is 31.3 Å². The molecular weight excluding hydrogens is 588 g/mol. The van der Waals surface area contributed by atoms with E-state index >= 15 is 0 Å². The van der Waals surface area contributed by atoms with Crippen LogP contribution >= 0.6 is 22.9 Å². The summed E-state index contributed by atoms with van der Waals surface area (Å²) in [5.74, 6) is 0.105. The van der Waals surface area contributed by atoms with E-state index in [0.29, 0.717) is 49.2 Å². The van der Waals surface area contributed by atoms with Gasteiger partial charge in [-0.15, -0.1) is 11.3 Å². The number of sulfonamides is 1. The molecule has 2 aliphatic heterocycles. The van der Waals surface area contributed by atoms with Gasteiger partial charge < -0.3 is 20.1 Å². The van der Waals surface area contributed by atoms with E-state index in [4.69, 9.17) is 26.8 Å². The molecule has 1 atom stereocenters. The third kappa shape index (κ3) is 5.89. The molecule has 0 aliphatic carbocycles. The van der Waals surface area contributed by atoms with Crippen molar-refractivity contribution in [2.75, 3.05) is 52.2 Å². The molecule has 2 aliphatic rings. The Morgan fingerprint density at radius 2 is 1.93 bits per heavy atom. The van der Waals surface area contributed by atoms with Crippen LogP contribution in [0.2, 0.25) is 5.02 Å². The van der Waals surface area contributed by atoms with Crippen molar-refractivity contribution in [1.29, 1.82) is 0 Å². The van der Waals surface area contributed by atoms with E-state index < -0.39 is 16.1 Å². The summed E-state index contributed by atoms with van der Waals surface area (Å²) in [4.78, 5) is 25.8. The van der Waals surface area contributed by atoms with Crippen LogP contribution in [-0.2, 0) is 30.8 Å². The van der Waals surface area contributed by atoms with Crippen LogP contribution in [0.25, 0.3) is 21.0 Å². The van der Waals surface area contributed by atoms with Crippen molar-refractivity contribution in [3.05, 3.63) is 59.4 Å². The minimum absolute atomic E-state index is 0.141. The van der Waals surface area contributed by atoms with Crippen molar-refractivity contribution >= 4 is 65.7 Å². The Kier molecular flexibility index (Phi) is 7.85. The van der Waals surface area contributed by atoms with Gasteiger partial charge in [0, 0.05) is 41.3 Å². The van der Waals surface area contributed by atoms with Crippen LogP contribution in [0.1, 0.15) is 5.56 Å². The molecule has 0 radical (unpaired) electrons. The lowest BCUT2D eigenvalue weighted by molar-refractivity contribution is -0.139. The molecule has 4 aromatic rings. The van der Waals surface area contributed by atoms with Crippen LogP contribution in [0.3, 0.4) is 0 Å². The van der Waals surface area contributed by atoms with E-state index in [1.54, 1.807) is 29.2 Å². The number of carbonyl (C=O) groups is 1. The predicted octanol–water partition coefficient (Wildman–Crippen LogP) is 2.79. The number of nitrogen functional groups attached to an aromatic ring is 1. The monoisotopic (exact) mass is 616 g/mol. The topological polar surface area (TPSA) is 131 Å². The molecule has 0 bridgehead atoms. The van der Waals surface area contributed by atoms with Gasteiger partial charge in [-0.2, -0.15) is 4.31 Å². The van der Waals surface area contributed by atoms with Crippen molar-refractivity contribution in [3.8, 4) is 0 Å². The number of benzene rings is 2. The summed E-state index contributed by atoms with van der Waals surface area (Å²) in [6.07, 6.45) is 1.05. The molecule has 2 N–H and O–H groups in total. The highest BCUT2D eigenvalue weighted by Gasteiger charge is 2.40. The van der Waals surface area contributed by atoms with Gasteiger partial charge in [-0.3, -0.25) is 9.69 Å². The van der Waals surface area contributed by atoms with E-state index in [-0.39, 0.29) is 29.5 Å². The maximum Gasteiger partial charge on any atom is 0.253 e. The van der Waals surface area contributed by atoms with Crippen molar-refractivity contribution in [2.45, 2.75) is 23.1 Å². The number of fused-ring (bicyclic) bond motifs is 2. The number of halogens is 1. The fraction of sp³-hybridized carbons (Fsp3) is 0.370. The standard InChI is InChI=1S/C27H29ClN6O5S2/c1-32(15-25-38-6-7-39-25)12-20-13-33(41(36,37)26-9-18-3-4-19(28)10-23(18)40-26)14-24(35)34(20)11-17-2-5-21-22(8-17)30-16-31-27(21)29/h2-5,8-10,16,20,25H,6-7,11-15H2,1H3,(H2,29,30,31). The summed E-state index contributed by atoms with van der Waals surface area (Å²) in [6.45, 7) is 2.17. The number of nitrogens with two attached hydrogens (primary N) is 1. The van der Waals surface area contributed by atoms with E-state index in [1.807, 2.05) is 30.1 Å². The number of amides is 1. The number of nitrogens with zero attached hydrogens (tertiary/aromatic N) is 5. The highest BCUT2D eigenvalue weighted by Crippen LogP contribution is 2.34. The summed E-state index contributed by atoms with van der Waals surface area (Å²) in [5.41, 5.74) is 7.52. The van der Waals surface area contributed by atoms with E-state index in [0.717, 1.165) is 32.4 Å². The Morgan fingerprint density at radius 1 is 1.12 bits per heavy atom. The second kappa shape index (κ2) is 11.4. The fourth-order valence-corrected chi connectivity index (χ4v) is 8.51. The summed E-state index contributed by atoms with van der Waals surface area (Å²) in [5, 5.41) is 2.06. The van der Waals surface area contributed by atoms with E-state index in [1.165, 1.54) is 10.6 Å². The molecule has 1 amide bonds. The number of hydrogen-bond acceptors (Lipinski definition) is 10. The Hall–Kier alpha value is -2.91. The summed E-state index contributed by atoms with van der Waals surface area (Å²) in [7, 11) is -2.02. The predicted molar refractivity (Wildman–Crippen MR) is 157 cm³/mol. The fourth-order valence-electron chi connectivity index (χ4n) is 5.26. The molecule has 41 heavy (non-hydrogen) atoms. The van der Waals surface area contributed by atoms with Gasteiger partial charge in [-0.05, 0) is 48.3 Å². The first-order chi connectivity index (χ1) is 19.7. The number of rotatable bonds is 8. The Labute approximate surface area is 246 Å². The van der Waals surface area contributed by atoms with Crippen LogP contribution in [-0.4, -0.2) is 97.2 Å². The third-order valence-corrected chi connectivity index (χ3v) is 10.9. The van der Waals surface area contributed by atoms with Gasteiger partial charge in [0.2, 0.25) is 5.91 Å². The van der Waals surface area contributed by atoms with Crippen molar-refractivity contribution < 1.29 is 22.7 Å². The van der Waals surface area contributed by atoms with Crippen LogP contribution in [0.4, 0.5) is 5.82 Å². The number of ether oxygens (including phenoxy) is 2. The first-order valence-corrected chi connectivity index (χ1v) is 15.7. The average molecular weight is 617 g/mol. The average Bonchev–Trinajstić information content (AvgIpc) is 3.60. The number of anilines is 1. The zero-order valence-electron chi connectivity index (χ0n) is 22.3. The SMILES string of the molecule is CN(CC1OCCO1)CC1CN(S(=O)(=O)c2cc3ccc(Cl)cc3s2)CC(=O)N1Cc1ccc2c(N)ncnc2c1. The molecular formula is C27H29ClN6O5S2. The van der Waals surface area contributed by atoms with Crippen molar-refractivity contribution in [3.63, 3.8) is 0 Å². The molecule has 1 unspecified atom stereocenters.